The van der Waals surface area contributed by atoms with Gasteiger partial charge in [-0.1, -0.05) is 26.8 Å². The Kier molecular flexibility index (Phi) is 5.63. The van der Waals surface area contributed by atoms with Crippen LogP contribution in [-0.2, 0) is 18.0 Å². The summed E-state index contributed by atoms with van der Waals surface area (Å²) in [6.07, 6.45) is -1.18. The average Bonchev–Trinajstić information content (AvgIpc) is 2.37. The van der Waals surface area contributed by atoms with Crippen molar-refractivity contribution in [2.45, 2.75) is 58.0 Å². The number of halogens is 3. The van der Waals surface area contributed by atoms with Gasteiger partial charge < -0.3 is 5.73 Å². The van der Waals surface area contributed by atoms with Gasteiger partial charge in [0.15, 0.2) is 0 Å². The van der Waals surface area contributed by atoms with E-state index in [9.17, 15) is 13.2 Å². The Hall–Kier alpha value is -1.03. The lowest BCUT2D eigenvalue weighted by Gasteiger charge is -2.25. The van der Waals surface area contributed by atoms with Crippen LogP contribution in [0.15, 0.2) is 18.2 Å². The van der Waals surface area contributed by atoms with Gasteiger partial charge in [0.05, 0.1) is 5.56 Å². The van der Waals surface area contributed by atoms with Gasteiger partial charge in [0.2, 0.25) is 0 Å². The molecule has 20 heavy (non-hydrogen) atoms. The maximum absolute atomic E-state index is 13.0. The summed E-state index contributed by atoms with van der Waals surface area (Å²) in [5.74, 6) is 0. The van der Waals surface area contributed by atoms with E-state index in [1.807, 2.05) is 26.8 Å². The van der Waals surface area contributed by atoms with Crippen molar-refractivity contribution in [1.29, 1.82) is 0 Å². The third kappa shape index (κ3) is 4.51. The molecule has 0 saturated carbocycles. The zero-order valence-corrected chi connectivity index (χ0v) is 12.5. The Morgan fingerprint density at radius 3 is 2.10 bits per heavy atom. The summed E-state index contributed by atoms with van der Waals surface area (Å²) in [5, 5.41) is 0. The number of alkyl halides is 3. The van der Waals surface area contributed by atoms with Crippen LogP contribution in [0.2, 0.25) is 0 Å². The van der Waals surface area contributed by atoms with Crippen LogP contribution in [0.5, 0.6) is 0 Å². The Labute approximate surface area is 119 Å². The molecule has 0 aliphatic heterocycles. The SMILES string of the molecule is CCC(C)(C)c1cc(CCCCN)cc(C(F)(F)F)c1. The maximum atomic E-state index is 13.0. The maximum Gasteiger partial charge on any atom is 0.416 e. The predicted molar refractivity (Wildman–Crippen MR) is 76.8 cm³/mol. The van der Waals surface area contributed by atoms with Gasteiger partial charge in [-0.15, -0.1) is 0 Å². The zero-order chi connectivity index (χ0) is 15.4. The molecule has 4 heteroatoms. The number of benzene rings is 1. The molecule has 0 fully saturated rings. The quantitative estimate of drug-likeness (QED) is 0.756. The van der Waals surface area contributed by atoms with Crippen LogP contribution in [0.1, 0.15) is 56.7 Å². The van der Waals surface area contributed by atoms with Crippen molar-refractivity contribution in [3.8, 4) is 0 Å². The van der Waals surface area contributed by atoms with Gasteiger partial charge in [-0.25, -0.2) is 0 Å². The minimum absolute atomic E-state index is 0.246. The summed E-state index contributed by atoms with van der Waals surface area (Å²) in [4.78, 5) is 0. The Morgan fingerprint density at radius 2 is 1.60 bits per heavy atom. The predicted octanol–water partition coefficient (Wildman–Crippen LogP) is 4.67. The van der Waals surface area contributed by atoms with Crippen LogP contribution < -0.4 is 5.73 Å². The van der Waals surface area contributed by atoms with E-state index in [2.05, 4.69) is 0 Å². The van der Waals surface area contributed by atoms with Gasteiger partial charge in [0, 0.05) is 0 Å². The second-order valence-corrected chi connectivity index (χ2v) is 5.90. The Morgan fingerprint density at radius 1 is 1.00 bits per heavy atom. The number of hydrogen-bond acceptors (Lipinski definition) is 1. The van der Waals surface area contributed by atoms with E-state index in [-0.39, 0.29) is 5.41 Å². The van der Waals surface area contributed by atoms with Gasteiger partial charge in [-0.2, -0.15) is 13.2 Å². The van der Waals surface area contributed by atoms with Crippen molar-refractivity contribution in [3.63, 3.8) is 0 Å². The van der Waals surface area contributed by atoms with Crippen molar-refractivity contribution in [1.82, 2.24) is 0 Å². The number of hydrogen-bond donors (Lipinski definition) is 1. The molecule has 0 radical (unpaired) electrons. The van der Waals surface area contributed by atoms with Crippen molar-refractivity contribution in [2.75, 3.05) is 6.54 Å². The summed E-state index contributed by atoms with van der Waals surface area (Å²) in [6, 6.07) is 4.47. The van der Waals surface area contributed by atoms with Crippen LogP contribution in [0.4, 0.5) is 13.2 Å². The molecule has 0 aliphatic rings. The molecule has 1 nitrogen and oxygen atoms in total. The van der Waals surface area contributed by atoms with Crippen LogP contribution in [0.3, 0.4) is 0 Å². The van der Waals surface area contributed by atoms with Gasteiger partial charge in [-0.3, -0.25) is 0 Å². The number of nitrogens with two attached hydrogens (primary N) is 1. The first-order valence-corrected chi connectivity index (χ1v) is 7.12. The van der Waals surface area contributed by atoms with Crippen LogP contribution >= 0.6 is 0 Å². The van der Waals surface area contributed by atoms with Crippen molar-refractivity contribution >= 4 is 0 Å². The second kappa shape index (κ2) is 6.61. The highest BCUT2D eigenvalue weighted by Crippen LogP contribution is 2.35. The third-order valence-electron chi connectivity index (χ3n) is 3.91. The first kappa shape index (κ1) is 17.0. The van der Waals surface area contributed by atoms with Gasteiger partial charge in [-0.05, 0) is 60.9 Å². The lowest BCUT2D eigenvalue weighted by Crippen LogP contribution is -2.18. The molecule has 0 spiro atoms. The van der Waals surface area contributed by atoms with Crippen LogP contribution in [0.25, 0.3) is 0 Å². The summed E-state index contributed by atoms with van der Waals surface area (Å²) >= 11 is 0. The Bertz CT molecular complexity index is 436. The van der Waals surface area contributed by atoms with Gasteiger partial charge >= 0.3 is 6.18 Å². The minimum atomic E-state index is -4.29. The van der Waals surface area contributed by atoms with Crippen LogP contribution in [-0.4, -0.2) is 6.54 Å². The van der Waals surface area contributed by atoms with E-state index in [0.29, 0.717) is 13.0 Å². The molecule has 0 unspecified atom stereocenters. The second-order valence-electron chi connectivity index (χ2n) is 5.90. The molecule has 0 aromatic heterocycles. The van der Waals surface area contributed by atoms with Gasteiger partial charge in [0.25, 0.3) is 0 Å². The van der Waals surface area contributed by atoms with E-state index in [1.165, 1.54) is 12.1 Å². The molecule has 1 aromatic rings. The van der Waals surface area contributed by atoms with E-state index < -0.39 is 11.7 Å². The molecule has 1 rings (SSSR count). The molecule has 1 aromatic carbocycles. The fourth-order valence-corrected chi connectivity index (χ4v) is 2.07. The van der Waals surface area contributed by atoms with Crippen LogP contribution in [0, 0.1) is 0 Å². The van der Waals surface area contributed by atoms with E-state index in [4.69, 9.17) is 5.73 Å². The van der Waals surface area contributed by atoms with Crippen molar-refractivity contribution in [2.24, 2.45) is 5.73 Å². The highest BCUT2D eigenvalue weighted by molar-refractivity contribution is 5.36. The molecule has 0 aliphatic carbocycles. The summed E-state index contributed by atoms with van der Waals surface area (Å²) in [6.45, 7) is 6.53. The van der Waals surface area contributed by atoms with Crippen molar-refractivity contribution < 1.29 is 13.2 Å². The van der Waals surface area contributed by atoms with Gasteiger partial charge in [0.1, 0.15) is 0 Å². The summed E-state index contributed by atoms with van der Waals surface area (Å²) in [5.41, 5.74) is 6.16. The monoisotopic (exact) mass is 287 g/mol. The van der Waals surface area contributed by atoms with E-state index in [1.54, 1.807) is 0 Å². The molecule has 0 saturated heterocycles. The molecule has 0 heterocycles. The number of unbranched alkanes of at least 4 members (excludes halogenated alkanes) is 1. The molecule has 114 valence electrons. The Balaban J connectivity index is 3.15. The molecule has 0 atom stereocenters. The first-order valence-electron chi connectivity index (χ1n) is 7.12. The fourth-order valence-electron chi connectivity index (χ4n) is 2.07. The molecule has 0 amide bonds. The average molecular weight is 287 g/mol. The molecule has 2 N–H and O–H groups in total. The van der Waals surface area contributed by atoms with Crippen molar-refractivity contribution in [3.05, 3.63) is 34.9 Å². The fraction of sp³-hybridized carbons (Fsp3) is 0.625. The molecule has 0 bridgehead atoms. The topological polar surface area (TPSA) is 26.0 Å². The minimum Gasteiger partial charge on any atom is -0.330 e. The number of rotatable bonds is 6. The highest BCUT2D eigenvalue weighted by atomic mass is 19.4. The normalized spacial score (nSPS) is 12.8. The summed E-state index contributed by atoms with van der Waals surface area (Å²) < 4.78 is 39.0. The highest BCUT2D eigenvalue weighted by Gasteiger charge is 2.32. The van der Waals surface area contributed by atoms with E-state index >= 15 is 0 Å². The largest absolute Gasteiger partial charge is 0.416 e. The zero-order valence-electron chi connectivity index (χ0n) is 12.5. The smallest absolute Gasteiger partial charge is 0.330 e. The molecular weight excluding hydrogens is 263 g/mol. The first-order chi connectivity index (χ1) is 9.20. The van der Waals surface area contributed by atoms with E-state index in [0.717, 1.165) is 30.4 Å². The summed E-state index contributed by atoms with van der Waals surface area (Å²) in [7, 11) is 0. The third-order valence-corrected chi connectivity index (χ3v) is 3.91. The standard InChI is InChI=1S/C16H24F3N/c1-4-15(2,3)13-9-12(7-5-6-8-20)10-14(11-13)16(17,18)19/h9-11H,4-8,20H2,1-3H3. The number of aryl methyl sites for hydroxylation is 1. The lowest BCUT2D eigenvalue weighted by atomic mass is 9.80. The molecular formula is C16H24F3N. The lowest BCUT2D eigenvalue weighted by molar-refractivity contribution is -0.137.